The third kappa shape index (κ3) is 2.79. The lowest BCUT2D eigenvalue weighted by molar-refractivity contribution is 0.326. The second-order valence-electron chi connectivity index (χ2n) is 5.17. The molecule has 1 aliphatic rings. The van der Waals surface area contributed by atoms with Crippen molar-refractivity contribution in [2.24, 2.45) is 0 Å². The molecule has 2 aromatic carbocycles. The van der Waals surface area contributed by atoms with E-state index >= 15 is 0 Å². The molecule has 0 fully saturated rings. The van der Waals surface area contributed by atoms with Crippen molar-refractivity contribution in [2.45, 2.75) is 19.4 Å². The average Bonchev–Trinajstić information content (AvgIpc) is 2.83. The van der Waals surface area contributed by atoms with Crippen molar-refractivity contribution >= 4 is 0 Å². The summed E-state index contributed by atoms with van der Waals surface area (Å²) in [6, 6.07) is 17.0. The monoisotopic (exact) mass is 253 g/mol. The van der Waals surface area contributed by atoms with Crippen LogP contribution in [0.25, 0.3) is 0 Å². The van der Waals surface area contributed by atoms with Crippen molar-refractivity contribution in [3.63, 3.8) is 0 Å². The van der Waals surface area contributed by atoms with Gasteiger partial charge in [-0.15, -0.1) is 0 Å². The quantitative estimate of drug-likeness (QED) is 0.903. The van der Waals surface area contributed by atoms with Gasteiger partial charge in [0, 0.05) is 24.6 Å². The van der Waals surface area contributed by atoms with Crippen LogP contribution in [0.4, 0.5) is 0 Å². The van der Waals surface area contributed by atoms with Crippen LogP contribution in [0.5, 0.6) is 5.75 Å². The molecule has 2 heteroatoms. The fraction of sp³-hybridized carbons (Fsp3) is 0.294. The number of nitrogens with one attached hydrogen (secondary N) is 1. The van der Waals surface area contributed by atoms with E-state index in [1.54, 1.807) is 0 Å². The first-order valence-corrected chi connectivity index (χ1v) is 6.81. The summed E-state index contributed by atoms with van der Waals surface area (Å²) in [4.78, 5) is 0. The summed E-state index contributed by atoms with van der Waals surface area (Å²) in [5.41, 5.74) is 3.99. The van der Waals surface area contributed by atoms with Gasteiger partial charge in [0.1, 0.15) is 5.75 Å². The predicted molar refractivity (Wildman–Crippen MR) is 77.6 cm³/mol. The van der Waals surface area contributed by atoms with Gasteiger partial charge in [-0.1, -0.05) is 48.0 Å². The first kappa shape index (κ1) is 12.2. The molecule has 0 radical (unpaired) electrons. The summed E-state index contributed by atoms with van der Waals surface area (Å²) in [5.74, 6) is 1.52. The minimum Gasteiger partial charge on any atom is -0.493 e. The molecule has 1 heterocycles. The highest BCUT2D eigenvalue weighted by Crippen LogP contribution is 2.32. The molecular formula is C17H19NO. The molecule has 0 amide bonds. The molecule has 2 nitrogen and oxygen atoms in total. The van der Waals surface area contributed by atoms with Gasteiger partial charge in [-0.2, -0.15) is 0 Å². The zero-order valence-electron chi connectivity index (χ0n) is 11.2. The second-order valence-corrected chi connectivity index (χ2v) is 5.17. The number of para-hydroxylation sites is 1. The lowest BCUT2D eigenvalue weighted by Gasteiger charge is -2.10. The topological polar surface area (TPSA) is 21.3 Å². The van der Waals surface area contributed by atoms with Gasteiger partial charge in [0.15, 0.2) is 0 Å². The zero-order chi connectivity index (χ0) is 13.1. The normalized spacial score (nSPS) is 17.0. The number of hydrogen-bond acceptors (Lipinski definition) is 2. The Morgan fingerprint density at radius 1 is 1.16 bits per heavy atom. The van der Waals surface area contributed by atoms with Crippen LogP contribution in [-0.2, 0) is 6.54 Å². The molecule has 0 aromatic heterocycles. The van der Waals surface area contributed by atoms with Crippen LogP contribution in [0.3, 0.4) is 0 Å². The number of fused-ring (bicyclic) bond motifs is 1. The van der Waals surface area contributed by atoms with E-state index in [9.17, 15) is 0 Å². The molecular weight excluding hydrogens is 234 g/mol. The van der Waals surface area contributed by atoms with Crippen LogP contribution in [-0.4, -0.2) is 13.2 Å². The zero-order valence-corrected chi connectivity index (χ0v) is 11.2. The highest BCUT2D eigenvalue weighted by molar-refractivity contribution is 5.39. The van der Waals surface area contributed by atoms with E-state index in [4.69, 9.17) is 4.74 Å². The molecule has 98 valence electrons. The molecule has 0 saturated carbocycles. The predicted octanol–water partition coefficient (Wildman–Crippen LogP) is 3.26. The van der Waals surface area contributed by atoms with Crippen LogP contribution in [0.15, 0.2) is 48.5 Å². The van der Waals surface area contributed by atoms with E-state index in [1.807, 2.05) is 6.07 Å². The minimum atomic E-state index is 0.473. The number of benzene rings is 2. The SMILES string of the molecule is Cc1cccc(CNCC2COc3ccccc32)c1. The minimum absolute atomic E-state index is 0.473. The Bertz CT molecular complexity index is 565. The standard InChI is InChI=1S/C17H19NO/c1-13-5-4-6-14(9-13)10-18-11-15-12-19-17-8-3-2-7-16(15)17/h2-9,15,18H,10-12H2,1H3. The Balaban J connectivity index is 1.57. The van der Waals surface area contributed by atoms with Gasteiger partial charge in [-0.05, 0) is 18.6 Å². The summed E-state index contributed by atoms with van der Waals surface area (Å²) in [7, 11) is 0. The van der Waals surface area contributed by atoms with Gasteiger partial charge in [-0.25, -0.2) is 0 Å². The van der Waals surface area contributed by atoms with Crippen LogP contribution >= 0.6 is 0 Å². The lowest BCUT2D eigenvalue weighted by Crippen LogP contribution is -2.22. The number of aryl methyl sites for hydroxylation is 1. The van der Waals surface area contributed by atoms with Crippen molar-refractivity contribution in [1.82, 2.24) is 5.32 Å². The van der Waals surface area contributed by atoms with Gasteiger partial charge in [0.25, 0.3) is 0 Å². The van der Waals surface area contributed by atoms with Crippen molar-refractivity contribution < 1.29 is 4.74 Å². The molecule has 0 bridgehead atoms. The van der Waals surface area contributed by atoms with Crippen LogP contribution < -0.4 is 10.1 Å². The first-order chi connectivity index (χ1) is 9.33. The molecule has 1 aliphatic heterocycles. The summed E-state index contributed by atoms with van der Waals surface area (Å²) in [6.45, 7) is 4.80. The largest absolute Gasteiger partial charge is 0.493 e. The Morgan fingerprint density at radius 3 is 2.95 bits per heavy atom. The van der Waals surface area contributed by atoms with Crippen molar-refractivity contribution in [2.75, 3.05) is 13.2 Å². The summed E-state index contributed by atoms with van der Waals surface area (Å²) < 4.78 is 5.69. The fourth-order valence-electron chi connectivity index (χ4n) is 2.61. The van der Waals surface area contributed by atoms with Gasteiger partial charge in [0.2, 0.25) is 0 Å². The Morgan fingerprint density at radius 2 is 2.05 bits per heavy atom. The highest BCUT2D eigenvalue weighted by atomic mass is 16.5. The molecule has 0 saturated heterocycles. The Kier molecular flexibility index (Phi) is 3.51. The molecule has 3 rings (SSSR count). The lowest BCUT2D eigenvalue weighted by atomic mass is 10.0. The van der Waals surface area contributed by atoms with E-state index in [1.165, 1.54) is 16.7 Å². The number of rotatable bonds is 4. The maximum atomic E-state index is 5.69. The van der Waals surface area contributed by atoms with E-state index in [0.717, 1.165) is 25.4 Å². The van der Waals surface area contributed by atoms with Crippen molar-refractivity contribution in [1.29, 1.82) is 0 Å². The molecule has 0 aliphatic carbocycles. The van der Waals surface area contributed by atoms with Gasteiger partial charge >= 0.3 is 0 Å². The fourth-order valence-corrected chi connectivity index (χ4v) is 2.61. The summed E-state index contributed by atoms with van der Waals surface area (Å²) >= 11 is 0. The number of ether oxygens (including phenoxy) is 1. The highest BCUT2D eigenvalue weighted by Gasteiger charge is 2.22. The second kappa shape index (κ2) is 5.45. The van der Waals surface area contributed by atoms with Gasteiger partial charge in [0.05, 0.1) is 6.61 Å². The average molecular weight is 253 g/mol. The van der Waals surface area contributed by atoms with Crippen LogP contribution in [0.2, 0.25) is 0 Å². The van der Waals surface area contributed by atoms with Crippen molar-refractivity contribution in [3.05, 3.63) is 65.2 Å². The Hall–Kier alpha value is -1.80. The molecule has 1 atom stereocenters. The van der Waals surface area contributed by atoms with E-state index in [-0.39, 0.29) is 0 Å². The summed E-state index contributed by atoms with van der Waals surface area (Å²) in [6.07, 6.45) is 0. The van der Waals surface area contributed by atoms with Crippen LogP contribution in [0, 0.1) is 6.92 Å². The van der Waals surface area contributed by atoms with E-state index in [2.05, 4.69) is 54.7 Å². The smallest absolute Gasteiger partial charge is 0.122 e. The van der Waals surface area contributed by atoms with Gasteiger partial charge in [-0.3, -0.25) is 0 Å². The molecule has 1 N–H and O–H groups in total. The van der Waals surface area contributed by atoms with Crippen LogP contribution in [0.1, 0.15) is 22.6 Å². The molecule has 1 unspecified atom stereocenters. The molecule has 2 aromatic rings. The number of hydrogen-bond donors (Lipinski definition) is 1. The molecule has 0 spiro atoms. The molecule has 19 heavy (non-hydrogen) atoms. The van der Waals surface area contributed by atoms with E-state index in [0.29, 0.717) is 5.92 Å². The maximum absolute atomic E-state index is 5.69. The van der Waals surface area contributed by atoms with Gasteiger partial charge < -0.3 is 10.1 Å². The maximum Gasteiger partial charge on any atom is 0.122 e. The summed E-state index contributed by atoms with van der Waals surface area (Å²) in [5, 5.41) is 3.53. The van der Waals surface area contributed by atoms with E-state index < -0.39 is 0 Å². The Labute approximate surface area is 114 Å². The third-order valence-corrected chi connectivity index (χ3v) is 3.60. The van der Waals surface area contributed by atoms with Crippen molar-refractivity contribution in [3.8, 4) is 5.75 Å². The third-order valence-electron chi connectivity index (χ3n) is 3.60. The first-order valence-electron chi connectivity index (χ1n) is 6.81.